The number of anilines is 1. The highest BCUT2D eigenvalue weighted by atomic mass is 19.1. The molecule has 158 valence electrons. The Morgan fingerprint density at radius 3 is 2.55 bits per heavy atom. The van der Waals surface area contributed by atoms with Gasteiger partial charge in [0.05, 0.1) is 11.6 Å². The van der Waals surface area contributed by atoms with Crippen molar-refractivity contribution in [2.24, 2.45) is 5.92 Å². The molecule has 0 unspecified atom stereocenters. The van der Waals surface area contributed by atoms with Crippen LogP contribution in [0.1, 0.15) is 28.2 Å². The third kappa shape index (κ3) is 3.62. The first-order valence-electron chi connectivity index (χ1n) is 10.4. The van der Waals surface area contributed by atoms with Gasteiger partial charge >= 0.3 is 0 Å². The van der Waals surface area contributed by atoms with Gasteiger partial charge in [-0.1, -0.05) is 6.07 Å². The first-order valence-corrected chi connectivity index (χ1v) is 10.4. The van der Waals surface area contributed by atoms with Gasteiger partial charge in [0.25, 0.3) is 5.91 Å². The number of hydrogen-bond acceptors (Lipinski definition) is 6. The van der Waals surface area contributed by atoms with Crippen molar-refractivity contribution < 1.29 is 9.18 Å². The van der Waals surface area contributed by atoms with Crippen LogP contribution in [0.2, 0.25) is 0 Å². The predicted molar refractivity (Wildman–Crippen MR) is 114 cm³/mol. The number of likely N-dealkylation sites (tertiary alicyclic amines) is 1. The zero-order valence-electron chi connectivity index (χ0n) is 17.5. The van der Waals surface area contributed by atoms with Gasteiger partial charge in [-0.05, 0) is 44.0 Å². The van der Waals surface area contributed by atoms with Gasteiger partial charge in [-0.2, -0.15) is 0 Å². The second-order valence-electron chi connectivity index (χ2n) is 8.29. The summed E-state index contributed by atoms with van der Waals surface area (Å²) in [5.41, 5.74) is 3.53. The number of aromatic nitrogens is 4. The predicted octanol–water partition coefficient (Wildman–Crippen LogP) is 3.04. The van der Waals surface area contributed by atoms with Crippen molar-refractivity contribution in [2.45, 2.75) is 26.3 Å². The number of amides is 1. The monoisotopic (exact) mass is 418 g/mol. The van der Waals surface area contributed by atoms with E-state index in [4.69, 9.17) is 0 Å². The van der Waals surface area contributed by atoms with Crippen LogP contribution in [0, 0.1) is 25.6 Å². The molecule has 2 aromatic heterocycles. The van der Waals surface area contributed by atoms with Crippen molar-refractivity contribution >= 4 is 11.9 Å². The van der Waals surface area contributed by atoms with E-state index in [1.807, 2.05) is 24.8 Å². The third-order valence-electron chi connectivity index (χ3n) is 6.15. The van der Waals surface area contributed by atoms with E-state index in [0.717, 1.165) is 30.3 Å². The van der Waals surface area contributed by atoms with E-state index in [9.17, 15) is 9.18 Å². The molecule has 2 atom stereocenters. The zero-order chi connectivity index (χ0) is 21.5. The normalized spacial score (nSPS) is 20.2. The van der Waals surface area contributed by atoms with Gasteiger partial charge in [-0.3, -0.25) is 4.79 Å². The smallest absolute Gasteiger partial charge is 0.254 e. The molecule has 0 spiro atoms. The Bertz CT molecular complexity index is 1120. The Kier molecular flexibility index (Phi) is 4.84. The lowest BCUT2D eigenvalue weighted by Crippen LogP contribution is -2.65. The molecule has 7 nitrogen and oxygen atoms in total. The van der Waals surface area contributed by atoms with Gasteiger partial charge in [0.15, 0.2) is 0 Å². The molecule has 3 aromatic rings. The van der Waals surface area contributed by atoms with Crippen LogP contribution in [0.15, 0.2) is 43.0 Å². The maximum absolute atomic E-state index is 14.1. The number of halogens is 1. The average Bonchev–Trinajstić information content (AvgIpc) is 2.74. The van der Waals surface area contributed by atoms with Crippen LogP contribution < -0.4 is 4.90 Å². The molecule has 0 radical (unpaired) electrons. The Morgan fingerprint density at radius 1 is 1.06 bits per heavy atom. The molecule has 2 aliphatic heterocycles. The van der Waals surface area contributed by atoms with E-state index in [-0.39, 0.29) is 11.9 Å². The molecule has 0 aliphatic carbocycles. The van der Waals surface area contributed by atoms with Gasteiger partial charge in [0.2, 0.25) is 5.95 Å². The van der Waals surface area contributed by atoms with E-state index in [2.05, 4.69) is 24.8 Å². The summed E-state index contributed by atoms with van der Waals surface area (Å²) in [7, 11) is 0. The quantitative estimate of drug-likeness (QED) is 0.651. The Labute approximate surface area is 180 Å². The molecule has 5 rings (SSSR count). The molecular weight excluding hydrogens is 395 g/mol. The fourth-order valence-corrected chi connectivity index (χ4v) is 4.60. The number of carbonyl (C=O) groups is 1. The fourth-order valence-electron chi connectivity index (χ4n) is 4.60. The molecule has 8 heteroatoms. The van der Waals surface area contributed by atoms with E-state index in [0.29, 0.717) is 35.7 Å². The second kappa shape index (κ2) is 7.68. The molecule has 2 aliphatic rings. The summed E-state index contributed by atoms with van der Waals surface area (Å²) in [6.45, 7) is 6.06. The van der Waals surface area contributed by atoms with Gasteiger partial charge in [0.1, 0.15) is 12.1 Å². The highest BCUT2D eigenvalue weighted by Crippen LogP contribution is 2.36. The minimum absolute atomic E-state index is 0.176. The standard InChI is InChI=1S/C23H23FN6O/c1-14-7-15(2)28-23(27-14)30-11-16-5-6-29(12-21(16)30)22(31)20-8-18(24)3-4-19(20)17-9-25-13-26-10-17/h3-4,7-10,13,16,21H,5-6,11-12H2,1-2H3/t16-,21-/m0/s1. The minimum atomic E-state index is -0.437. The summed E-state index contributed by atoms with van der Waals surface area (Å²) in [6, 6.07) is 6.41. The molecule has 4 heterocycles. The van der Waals surface area contributed by atoms with E-state index >= 15 is 0 Å². The summed E-state index contributed by atoms with van der Waals surface area (Å²) in [5.74, 6) is 0.627. The molecule has 31 heavy (non-hydrogen) atoms. The molecule has 0 saturated carbocycles. The first-order chi connectivity index (χ1) is 15.0. The summed E-state index contributed by atoms with van der Waals surface area (Å²) in [6.07, 6.45) is 5.61. The number of aryl methyl sites for hydroxylation is 2. The fraction of sp³-hybridized carbons (Fsp3) is 0.348. The summed E-state index contributed by atoms with van der Waals surface area (Å²) >= 11 is 0. The van der Waals surface area contributed by atoms with Crippen LogP contribution in [0.5, 0.6) is 0 Å². The summed E-state index contributed by atoms with van der Waals surface area (Å²) in [4.78, 5) is 34.7. The van der Waals surface area contributed by atoms with Crippen molar-refractivity contribution in [3.05, 3.63) is 65.8 Å². The number of hydrogen-bond donors (Lipinski definition) is 0. The summed E-state index contributed by atoms with van der Waals surface area (Å²) in [5, 5.41) is 0. The average molecular weight is 418 g/mol. The molecule has 0 N–H and O–H groups in total. The van der Waals surface area contributed by atoms with Gasteiger partial charge < -0.3 is 9.80 Å². The molecule has 1 aromatic carbocycles. The number of piperidine rings is 1. The van der Waals surface area contributed by atoms with Crippen LogP contribution in [0.25, 0.3) is 11.1 Å². The van der Waals surface area contributed by atoms with E-state index in [1.165, 1.54) is 18.5 Å². The van der Waals surface area contributed by atoms with E-state index < -0.39 is 5.82 Å². The number of nitrogens with zero attached hydrogens (tertiary/aromatic N) is 6. The first kappa shape index (κ1) is 19.5. The molecule has 0 bridgehead atoms. The van der Waals surface area contributed by atoms with Crippen LogP contribution in [0.4, 0.5) is 10.3 Å². The number of rotatable bonds is 3. The van der Waals surface area contributed by atoms with Gasteiger partial charge in [-0.15, -0.1) is 0 Å². The van der Waals surface area contributed by atoms with Crippen LogP contribution in [-0.4, -0.2) is 56.4 Å². The molecule has 1 amide bonds. The Balaban J connectivity index is 1.41. The van der Waals surface area contributed by atoms with Crippen LogP contribution >= 0.6 is 0 Å². The Morgan fingerprint density at radius 2 is 1.81 bits per heavy atom. The van der Waals surface area contributed by atoms with Crippen molar-refractivity contribution in [1.29, 1.82) is 0 Å². The lowest BCUT2D eigenvalue weighted by atomic mass is 9.82. The topological polar surface area (TPSA) is 75.1 Å². The molecular formula is C23H23FN6O. The number of fused-ring (bicyclic) bond motifs is 1. The molecule has 2 saturated heterocycles. The maximum atomic E-state index is 14.1. The lowest BCUT2D eigenvalue weighted by Gasteiger charge is -2.53. The second-order valence-corrected chi connectivity index (χ2v) is 8.29. The molecule has 2 fully saturated rings. The number of benzene rings is 1. The maximum Gasteiger partial charge on any atom is 0.254 e. The lowest BCUT2D eigenvalue weighted by molar-refractivity contribution is 0.0589. The highest BCUT2D eigenvalue weighted by Gasteiger charge is 2.45. The van der Waals surface area contributed by atoms with Crippen molar-refractivity contribution in [1.82, 2.24) is 24.8 Å². The van der Waals surface area contributed by atoms with Gasteiger partial charge in [-0.25, -0.2) is 24.3 Å². The SMILES string of the molecule is Cc1cc(C)nc(N2C[C@@H]3CCN(C(=O)c4cc(F)ccc4-c4cncnc4)C[C@@H]32)n1. The Hall–Kier alpha value is -3.42. The van der Waals surface area contributed by atoms with Crippen molar-refractivity contribution in [2.75, 3.05) is 24.5 Å². The number of carbonyl (C=O) groups excluding carboxylic acids is 1. The third-order valence-corrected chi connectivity index (χ3v) is 6.15. The summed E-state index contributed by atoms with van der Waals surface area (Å²) < 4.78 is 14.1. The zero-order valence-corrected chi connectivity index (χ0v) is 17.5. The largest absolute Gasteiger partial charge is 0.337 e. The van der Waals surface area contributed by atoms with Crippen LogP contribution in [0.3, 0.4) is 0 Å². The van der Waals surface area contributed by atoms with Crippen molar-refractivity contribution in [3.8, 4) is 11.1 Å². The van der Waals surface area contributed by atoms with Crippen LogP contribution in [-0.2, 0) is 0 Å². The highest BCUT2D eigenvalue weighted by molar-refractivity contribution is 6.01. The van der Waals surface area contributed by atoms with Crippen molar-refractivity contribution in [3.63, 3.8) is 0 Å². The van der Waals surface area contributed by atoms with Gasteiger partial charge in [0, 0.05) is 54.9 Å². The van der Waals surface area contributed by atoms with E-state index in [1.54, 1.807) is 18.5 Å². The minimum Gasteiger partial charge on any atom is -0.337 e.